The van der Waals surface area contributed by atoms with Crippen LogP contribution in [0.15, 0.2) is 53.4 Å². The quantitative estimate of drug-likeness (QED) is 0.349. The van der Waals surface area contributed by atoms with E-state index in [0.29, 0.717) is 10.6 Å². The Kier molecular flexibility index (Phi) is 4.98. The fourth-order valence-electron chi connectivity index (χ4n) is 1.75. The Morgan fingerprint density at radius 3 is 2.24 bits per heavy atom. The van der Waals surface area contributed by atoms with E-state index in [1.54, 1.807) is 36.4 Å². The van der Waals surface area contributed by atoms with Crippen LogP contribution in [0.3, 0.4) is 0 Å². The Labute approximate surface area is 131 Å². The molecule has 2 aromatic rings. The Bertz CT molecular complexity index is 656. The summed E-state index contributed by atoms with van der Waals surface area (Å²) >= 11 is 7.16. The molecule has 0 spiro atoms. The molecule has 0 aromatic heterocycles. The number of nitro benzene ring substituents is 1. The van der Waals surface area contributed by atoms with Crippen molar-refractivity contribution in [2.75, 3.05) is 0 Å². The lowest BCUT2D eigenvalue weighted by atomic mass is 10.1. The zero-order valence-corrected chi connectivity index (χ0v) is 12.7. The van der Waals surface area contributed by atoms with Gasteiger partial charge in [-0.2, -0.15) is 0 Å². The maximum absolute atomic E-state index is 12.3. The number of nitrogens with zero attached hydrogens (tertiary/aromatic N) is 1. The predicted molar refractivity (Wildman–Crippen MR) is 84.2 cm³/mol. The first-order valence-electron chi connectivity index (χ1n) is 6.18. The number of carbonyl (C=O) groups excluding carboxylic acids is 1. The first-order chi connectivity index (χ1) is 9.97. The van der Waals surface area contributed by atoms with Gasteiger partial charge in [-0.3, -0.25) is 14.9 Å². The van der Waals surface area contributed by atoms with E-state index in [9.17, 15) is 14.9 Å². The first kappa shape index (κ1) is 15.5. The summed E-state index contributed by atoms with van der Waals surface area (Å²) in [6.45, 7) is 1.81. The van der Waals surface area contributed by atoms with Gasteiger partial charge in [-0.25, -0.2) is 0 Å². The van der Waals surface area contributed by atoms with Gasteiger partial charge in [0, 0.05) is 27.6 Å². The minimum Gasteiger partial charge on any atom is -0.293 e. The number of rotatable bonds is 5. The molecule has 4 nitrogen and oxygen atoms in total. The average molecular weight is 322 g/mol. The van der Waals surface area contributed by atoms with Crippen LogP contribution in [0, 0.1) is 10.1 Å². The van der Waals surface area contributed by atoms with Crippen molar-refractivity contribution in [2.45, 2.75) is 17.1 Å². The molecule has 0 aliphatic rings. The summed E-state index contributed by atoms with van der Waals surface area (Å²) < 4.78 is 0. The third-order valence-electron chi connectivity index (χ3n) is 2.86. The fraction of sp³-hybridized carbons (Fsp3) is 0.133. The topological polar surface area (TPSA) is 60.2 Å². The van der Waals surface area contributed by atoms with E-state index in [0.717, 1.165) is 4.90 Å². The standard InChI is InChI=1S/C15H12ClNO3S/c1-10(15(18)11-2-4-12(16)5-3-11)21-14-8-6-13(7-9-14)17(19)20/h2-10H,1H3. The lowest BCUT2D eigenvalue weighted by molar-refractivity contribution is -0.384. The van der Waals surface area contributed by atoms with Crippen LogP contribution in [0.5, 0.6) is 0 Å². The van der Waals surface area contributed by atoms with Gasteiger partial charge >= 0.3 is 0 Å². The van der Waals surface area contributed by atoms with Crippen LogP contribution >= 0.6 is 23.4 Å². The maximum Gasteiger partial charge on any atom is 0.269 e. The normalized spacial score (nSPS) is 11.9. The zero-order valence-electron chi connectivity index (χ0n) is 11.2. The minimum atomic E-state index is -0.448. The van der Waals surface area contributed by atoms with Gasteiger partial charge in [-0.05, 0) is 43.3 Å². The fourth-order valence-corrected chi connectivity index (χ4v) is 2.82. The highest BCUT2D eigenvalue weighted by molar-refractivity contribution is 8.00. The summed E-state index contributed by atoms with van der Waals surface area (Å²) in [6.07, 6.45) is 0. The highest BCUT2D eigenvalue weighted by Gasteiger charge is 2.17. The van der Waals surface area contributed by atoms with Gasteiger partial charge in [-0.1, -0.05) is 11.6 Å². The Morgan fingerprint density at radius 1 is 1.14 bits per heavy atom. The average Bonchev–Trinajstić information content (AvgIpc) is 2.47. The van der Waals surface area contributed by atoms with Gasteiger partial charge in [0.2, 0.25) is 0 Å². The summed E-state index contributed by atoms with van der Waals surface area (Å²) in [6, 6.07) is 12.9. The molecule has 0 heterocycles. The number of nitro groups is 1. The molecule has 1 atom stereocenters. The summed E-state index contributed by atoms with van der Waals surface area (Å²) in [5.41, 5.74) is 0.636. The lowest BCUT2D eigenvalue weighted by Crippen LogP contribution is -2.13. The van der Waals surface area contributed by atoms with Crippen LogP contribution in [0.2, 0.25) is 5.02 Å². The van der Waals surface area contributed by atoms with Crippen molar-refractivity contribution in [3.8, 4) is 0 Å². The monoisotopic (exact) mass is 321 g/mol. The largest absolute Gasteiger partial charge is 0.293 e. The van der Waals surface area contributed by atoms with Crippen LogP contribution in [-0.4, -0.2) is 16.0 Å². The highest BCUT2D eigenvalue weighted by Crippen LogP contribution is 2.27. The molecule has 2 rings (SSSR count). The predicted octanol–water partition coefficient (Wildman–Crippen LogP) is 4.61. The molecule has 1 unspecified atom stereocenters. The van der Waals surface area contributed by atoms with Crippen LogP contribution in [0.4, 0.5) is 5.69 Å². The zero-order chi connectivity index (χ0) is 15.4. The number of halogens is 1. The van der Waals surface area contributed by atoms with E-state index >= 15 is 0 Å². The number of carbonyl (C=O) groups is 1. The van der Waals surface area contributed by atoms with Crippen molar-refractivity contribution in [3.63, 3.8) is 0 Å². The number of hydrogen-bond donors (Lipinski definition) is 0. The summed E-state index contributed by atoms with van der Waals surface area (Å²) in [5.74, 6) is -0.00461. The van der Waals surface area contributed by atoms with Crippen LogP contribution in [-0.2, 0) is 0 Å². The number of ketones is 1. The van der Waals surface area contributed by atoms with Gasteiger partial charge in [-0.15, -0.1) is 11.8 Å². The van der Waals surface area contributed by atoms with Crippen molar-refractivity contribution in [1.29, 1.82) is 0 Å². The van der Waals surface area contributed by atoms with Gasteiger partial charge < -0.3 is 0 Å². The second kappa shape index (κ2) is 6.74. The second-order valence-electron chi connectivity index (χ2n) is 4.38. The van der Waals surface area contributed by atoms with E-state index in [-0.39, 0.29) is 16.7 Å². The molecule has 21 heavy (non-hydrogen) atoms. The molecule has 6 heteroatoms. The van der Waals surface area contributed by atoms with Crippen LogP contribution < -0.4 is 0 Å². The van der Waals surface area contributed by atoms with Crippen molar-refractivity contribution in [1.82, 2.24) is 0 Å². The number of benzene rings is 2. The summed E-state index contributed by atoms with van der Waals surface area (Å²) in [5, 5.41) is 10.9. The SMILES string of the molecule is CC(Sc1ccc([N+](=O)[O-])cc1)C(=O)c1ccc(Cl)cc1. The third-order valence-corrected chi connectivity index (χ3v) is 4.22. The van der Waals surface area contributed by atoms with Gasteiger partial charge in [0.15, 0.2) is 5.78 Å². The summed E-state index contributed by atoms with van der Waals surface area (Å²) in [4.78, 5) is 23.2. The van der Waals surface area contributed by atoms with Gasteiger partial charge in [0.1, 0.15) is 0 Å². The van der Waals surface area contributed by atoms with Gasteiger partial charge in [0.25, 0.3) is 5.69 Å². The molecule has 2 aromatic carbocycles. The Morgan fingerprint density at radius 2 is 1.71 bits per heavy atom. The molecule has 0 radical (unpaired) electrons. The minimum absolute atomic E-state index is 0.00461. The molecule has 0 saturated carbocycles. The maximum atomic E-state index is 12.3. The molecule has 0 aliphatic carbocycles. The van der Waals surface area contributed by atoms with E-state index in [1.807, 2.05) is 6.92 Å². The van der Waals surface area contributed by atoms with Crippen molar-refractivity contribution >= 4 is 34.8 Å². The molecule has 0 bridgehead atoms. The van der Waals surface area contributed by atoms with E-state index in [2.05, 4.69) is 0 Å². The highest BCUT2D eigenvalue weighted by atomic mass is 35.5. The van der Waals surface area contributed by atoms with Crippen LogP contribution in [0.1, 0.15) is 17.3 Å². The van der Waals surface area contributed by atoms with E-state index in [4.69, 9.17) is 11.6 Å². The lowest BCUT2D eigenvalue weighted by Gasteiger charge is -2.10. The van der Waals surface area contributed by atoms with Gasteiger partial charge in [0.05, 0.1) is 10.2 Å². The molecule has 0 amide bonds. The number of hydrogen-bond acceptors (Lipinski definition) is 4. The van der Waals surface area contributed by atoms with E-state index in [1.165, 1.54) is 23.9 Å². The molecular weight excluding hydrogens is 310 g/mol. The molecule has 0 saturated heterocycles. The van der Waals surface area contributed by atoms with Crippen molar-refractivity contribution < 1.29 is 9.72 Å². The molecular formula is C15H12ClNO3S. The smallest absolute Gasteiger partial charge is 0.269 e. The second-order valence-corrected chi connectivity index (χ2v) is 6.23. The number of Topliss-reactive ketones (excluding diaryl/α,β-unsaturated/α-hetero) is 1. The Hall–Kier alpha value is -1.85. The molecule has 108 valence electrons. The number of non-ortho nitro benzene ring substituents is 1. The van der Waals surface area contributed by atoms with Crippen molar-refractivity contribution in [2.24, 2.45) is 0 Å². The van der Waals surface area contributed by atoms with Crippen LogP contribution in [0.25, 0.3) is 0 Å². The molecule has 0 N–H and O–H groups in total. The number of thioether (sulfide) groups is 1. The third kappa shape index (κ3) is 4.06. The Balaban J connectivity index is 2.06. The molecule has 0 fully saturated rings. The molecule has 0 aliphatic heterocycles. The first-order valence-corrected chi connectivity index (χ1v) is 7.44. The summed E-state index contributed by atoms with van der Waals surface area (Å²) in [7, 11) is 0. The van der Waals surface area contributed by atoms with Crippen molar-refractivity contribution in [3.05, 3.63) is 69.2 Å². The van der Waals surface area contributed by atoms with E-state index < -0.39 is 4.92 Å².